The molecule has 0 bridgehead atoms. The van der Waals surface area contributed by atoms with Crippen LogP contribution in [-0.4, -0.2) is 22.1 Å². The molecule has 1 rings (SSSR count). The van der Waals surface area contributed by atoms with Gasteiger partial charge in [-0.1, -0.05) is 6.07 Å². The second kappa shape index (κ2) is 4.60. The molecule has 76 valence electrons. The van der Waals surface area contributed by atoms with Crippen molar-refractivity contribution >= 4 is 11.8 Å². The normalized spacial score (nSPS) is 12.1. The molecule has 0 saturated carbocycles. The maximum Gasteiger partial charge on any atom is 0.305 e. The molecule has 0 aromatic carbocycles. The summed E-state index contributed by atoms with van der Waals surface area (Å²) in [6.07, 6.45) is 1.84. The number of aryl methyl sites for hydroxylation is 1. The van der Waals surface area contributed by atoms with Crippen LogP contribution in [0.5, 0.6) is 0 Å². The number of carboxylic acids is 1. The highest BCUT2D eigenvalue weighted by molar-refractivity contribution is 5.68. The van der Waals surface area contributed by atoms with Crippen molar-refractivity contribution in [1.29, 1.82) is 0 Å². The molecule has 0 unspecified atom stereocenters. The van der Waals surface area contributed by atoms with Crippen LogP contribution >= 0.6 is 0 Å². The molecule has 1 atom stereocenters. The van der Waals surface area contributed by atoms with Crippen LogP contribution < -0.4 is 5.32 Å². The number of anilines is 1. The minimum Gasteiger partial charge on any atom is -0.481 e. The molecule has 1 heterocycles. The third kappa shape index (κ3) is 3.43. The Bertz CT molecular complexity index is 308. The van der Waals surface area contributed by atoms with E-state index in [1.165, 1.54) is 0 Å². The predicted molar refractivity (Wildman–Crippen MR) is 54.3 cm³/mol. The highest BCUT2D eigenvalue weighted by atomic mass is 16.4. The van der Waals surface area contributed by atoms with Crippen molar-refractivity contribution in [2.45, 2.75) is 26.3 Å². The van der Waals surface area contributed by atoms with Crippen molar-refractivity contribution in [2.24, 2.45) is 0 Å². The van der Waals surface area contributed by atoms with E-state index >= 15 is 0 Å². The van der Waals surface area contributed by atoms with Crippen LogP contribution in [0.1, 0.15) is 18.9 Å². The van der Waals surface area contributed by atoms with Crippen LogP contribution in [0.2, 0.25) is 0 Å². The zero-order chi connectivity index (χ0) is 10.6. The van der Waals surface area contributed by atoms with Crippen LogP contribution in [-0.2, 0) is 4.79 Å². The summed E-state index contributed by atoms with van der Waals surface area (Å²) in [7, 11) is 0. The third-order valence-corrected chi connectivity index (χ3v) is 1.79. The van der Waals surface area contributed by atoms with Gasteiger partial charge in [0.2, 0.25) is 0 Å². The summed E-state index contributed by atoms with van der Waals surface area (Å²) in [6, 6.07) is 3.67. The van der Waals surface area contributed by atoms with Gasteiger partial charge in [-0.25, -0.2) is 4.98 Å². The Morgan fingerprint density at radius 3 is 2.86 bits per heavy atom. The number of carbonyl (C=O) groups is 1. The average Bonchev–Trinajstić information content (AvgIpc) is 2.07. The average molecular weight is 194 g/mol. The number of hydrogen-bond donors (Lipinski definition) is 2. The second-order valence-electron chi connectivity index (χ2n) is 3.36. The molecule has 0 amide bonds. The lowest BCUT2D eigenvalue weighted by Gasteiger charge is -2.11. The number of nitrogens with one attached hydrogen (secondary N) is 1. The molecule has 0 aliphatic carbocycles. The highest BCUT2D eigenvalue weighted by Gasteiger charge is 2.06. The summed E-state index contributed by atoms with van der Waals surface area (Å²) in [5.41, 5.74) is 1.08. The summed E-state index contributed by atoms with van der Waals surface area (Å²) in [5.74, 6) is -0.0959. The summed E-state index contributed by atoms with van der Waals surface area (Å²) in [4.78, 5) is 14.5. The molecule has 0 aliphatic heterocycles. The second-order valence-corrected chi connectivity index (χ2v) is 3.36. The first-order valence-electron chi connectivity index (χ1n) is 4.49. The molecule has 0 radical (unpaired) electrons. The maximum atomic E-state index is 10.4. The van der Waals surface area contributed by atoms with Gasteiger partial charge in [-0.05, 0) is 25.5 Å². The Hall–Kier alpha value is -1.58. The summed E-state index contributed by atoms with van der Waals surface area (Å²) in [5, 5.41) is 11.6. The SMILES string of the molecule is Cc1ccc(N[C@H](C)CC(=O)O)nc1. The molecule has 1 aromatic heterocycles. The Labute approximate surface area is 83.0 Å². The van der Waals surface area contributed by atoms with E-state index in [1.807, 2.05) is 26.0 Å². The number of aromatic nitrogens is 1. The smallest absolute Gasteiger partial charge is 0.305 e. The number of aliphatic carboxylic acids is 1. The zero-order valence-corrected chi connectivity index (χ0v) is 8.32. The van der Waals surface area contributed by atoms with Crippen LogP contribution in [0, 0.1) is 6.92 Å². The fourth-order valence-electron chi connectivity index (χ4n) is 1.12. The molecular weight excluding hydrogens is 180 g/mol. The van der Waals surface area contributed by atoms with Gasteiger partial charge in [0.25, 0.3) is 0 Å². The minimum atomic E-state index is -0.808. The lowest BCUT2D eigenvalue weighted by atomic mass is 10.2. The molecule has 2 N–H and O–H groups in total. The maximum absolute atomic E-state index is 10.4. The third-order valence-electron chi connectivity index (χ3n) is 1.79. The van der Waals surface area contributed by atoms with Crippen molar-refractivity contribution < 1.29 is 9.90 Å². The first kappa shape index (κ1) is 10.5. The lowest BCUT2D eigenvalue weighted by molar-refractivity contribution is -0.137. The van der Waals surface area contributed by atoms with E-state index in [0.717, 1.165) is 5.56 Å². The van der Waals surface area contributed by atoms with Gasteiger partial charge >= 0.3 is 5.97 Å². The van der Waals surface area contributed by atoms with Gasteiger partial charge in [0.1, 0.15) is 5.82 Å². The standard InChI is InChI=1S/C10H14N2O2/c1-7-3-4-9(11-6-7)12-8(2)5-10(13)14/h3-4,6,8H,5H2,1-2H3,(H,11,12)(H,13,14)/t8-/m1/s1. The van der Waals surface area contributed by atoms with Gasteiger partial charge < -0.3 is 10.4 Å². The first-order chi connectivity index (χ1) is 6.58. The number of pyridine rings is 1. The van der Waals surface area contributed by atoms with Crippen LogP contribution in [0.15, 0.2) is 18.3 Å². The summed E-state index contributed by atoms with van der Waals surface area (Å²) >= 11 is 0. The molecule has 0 saturated heterocycles. The van der Waals surface area contributed by atoms with Crippen LogP contribution in [0.3, 0.4) is 0 Å². The largest absolute Gasteiger partial charge is 0.481 e. The number of rotatable bonds is 4. The summed E-state index contributed by atoms with van der Waals surface area (Å²) in [6.45, 7) is 3.77. The Morgan fingerprint density at radius 2 is 2.36 bits per heavy atom. The van der Waals surface area contributed by atoms with Gasteiger partial charge in [-0.2, -0.15) is 0 Å². The molecule has 0 spiro atoms. The molecule has 1 aromatic rings. The van der Waals surface area contributed by atoms with E-state index in [4.69, 9.17) is 5.11 Å². The molecule has 0 fully saturated rings. The Balaban J connectivity index is 2.51. The van der Waals surface area contributed by atoms with Crippen molar-refractivity contribution in [3.05, 3.63) is 23.9 Å². The van der Waals surface area contributed by atoms with E-state index in [9.17, 15) is 4.79 Å². The van der Waals surface area contributed by atoms with Gasteiger partial charge in [0.15, 0.2) is 0 Å². The number of nitrogens with zero attached hydrogens (tertiary/aromatic N) is 1. The van der Waals surface area contributed by atoms with E-state index in [0.29, 0.717) is 5.82 Å². The van der Waals surface area contributed by atoms with Gasteiger partial charge in [-0.15, -0.1) is 0 Å². The molecular formula is C10H14N2O2. The zero-order valence-electron chi connectivity index (χ0n) is 8.32. The van der Waals surface area contributed by atoms with Gasteiger partial charge in [0.05, 0.1) is 6.42 Å². The van der Waals surface area contributed by atoms with Crippen LogP contribution in [0.25, 0.3) is 0 Å². The van der Waals surface area contributed by atoms with Gasteiger partial charge in [-0.3, -0.25) is 4.79 Å². The lowest BCUT2D eigenvalue weighted by Crippen LogP contribution is -2.19. The van der Waals surface area contributed by atoms with Crippen molar-refractivity contribution in [2.75, 3.05) is 5.32 Å². The van der Waals surface area contributed by atoms with Crippen LogP contribution in [0.4, 0.5) is 5.82 Å². The Morgan fingerprint density at radius 1 is 1.64 bits per heavy atom. The van der Waals surface area contributed by atoms with E-state index in [-0.39, 0.29) is 12.5 Å². The fourth-order valence-corrected chi connectivity index (χ4v) is 1.12. The molecule has 4 heteroatoms. The minimum absolute atomic E-state index is 0.0928. The number of carboxylic acid groups (broad SMARTS) is 1. The molecule has 4 nitrogen and oxygen atoms in total. The van der Waals surface area contributed by atoms with E-state index in [2.05, 4.69) is 10.3 Å². The summed E-state index contributed by atoms with van der Waals surface area (Å²) < 4.78 is 0. The quantitative estimate of drug-likeness (QED) is 0.765. The predicted octanol–water partition coefficient (Wildman–Crippen LogP) is 1.67. The Kier molecular flexibility index (Phi) is 3.45. The van der Waals surface area contributed by atoms with E-state index in [1.54, 1.807) is 6.20 Å². The van der Waals surface area contributed by atoms with Crippen molar-refractivity contribution in [1.82, 2.24) is 4.98 Å². The van der Waals surface area contributed by atoms with Crippen molar-refractivity contribution in [3.8, 4) is 0 Å². The van der Waals surface area contributed by atoms with Crippen molar-refractivity contribution in [3.63, 3.8) is 0 Å². The van der Waals surface area contributed by atoms with Gasteiger partial charge in [0, 0.05) is 12.2 Å². The molecule has 14 heavy (non-hydrogen) atoms. The van der Waals surface area contributed by atoms with E-state index < -0.39 is 5.97 Å². The topological polar surface area (TPSA) is 62.2 Å². The number of hydrogen-bond acceptors (Lipinski definition) is 3. The highest BCUT2D eigenvalue weighted by Crippen LogP contribution is 2.06. The monoisotopic (exact) mass is 194 g/mol. The molecule has 0 aliphatic rings. The first-order valence-corrected chi connectivity index (χ1v) is 4.49. The fraction of sp³-hybridized carbons (Fsp3) is 0.400.